The maximum Gasteiger partial charge on any atom is 1.00 e. The fraction of sp³-hybridized carbons (Fsp3) is 0. The van der Waals surface area contributed by atoms with Crippen LogP contribution in [0.1, 0.15) is 5.56 Å². The average molecular weight is 248 g/mol. The van der Waals surface area contributed by atoms with Crippen molar-refractivity contribution >= 4 is 5.70 Å². The van der Waals surface area contributed by atoms with Gasteiger partial charge in [-0.05, 0) is 11.1 Å². The molecule has 0 unspecified atom stereocenters. The topological polar surface area (TPSA) is 52.0 Å². The second-order valence-electron chi connectivity index (χ2n) is 3.49. The molecule has 2 rings (SSSR count). The number of hydrogen-bond acceptors (Lipinski definition) is 2. The van der Waals surface area contributed by atoms with E-state index in [2.05, 4.69) is 6.07 Å². The predicted octanol–water partition coefficient (Wildman–Crippen LogP) is -0.626. The van der Waals surface area contributed by atoms with E-state index in [-0.39, 0.29) is 51.4 Å². The Morgan fingerprint density at radius 1 is 0.941 bits per heavy atom. The Kier molecular flexibility index (Phi) is 5.95. The van der Waals surface area contributed by atoms with Crippen LogP contribution in [0.3, 0.4) is 0 Å². The minimum Gasteiger partial charge on any atom is -0.403 e. The molecule has 0 saturated carbocycles. The van der Waals surface area contributed by atoms with Gasteiger partial charge in [-0.25, -0.2) is 0 Å². The molecule has 0 aliphatic heterocycles. The first-order valence-electron chi connectivity index (χ1n) is 5.05. The van der Waals surface area contributed by atoms with Gasteiger partial charge in [0.15, 0.2) is 0 Å². The van der Waals surface area contributed by atoms with Crippen LogP contribution in [-0.4, -0.2) is 0 Å². The summed E-state index contributed by atoms with van der Waals surface area (Å²) in [6.45, 7) is 0. The molecule has 0 spiro atoms. The Hall–Kier alpha value is -0.584. The molecule has 2 nitrogen and oxygen atoms in total. The largest absolute Gasteiger partial charge is 1.00 e. The van der Waals surface area contributed by atoms with Gasteiger partial charge in [-0.2, -0.15) is 30.3 Å². The molecule has 0 saturated heterocycles. The van der Waals surface area contributed by atoms with E-state index in [4.69, 9.17) is 11.5 Å². The summed E-state index contributed by atoms with van der Waals surface area (Å²) in [5.41, 5.74) is 14.9. The molecule has 0 fully saturated rings. The first-order chi connectivity index (χ1) is 7.81. The maximum absolute atomic E-state index is 5.71. The Balaban J connectivity index is 0.00000144. The van der Waals surface area contributed by atoms with Crippen molar-refractivity contribution in [1.82, 2.24) is 0 Å². The average Bonchev–Trinajstić information content (AvgIpc) is 2.39. The molecule has 0 heterocycles. The van der Waals surface area contributed by atoms with Crippen molar-refractivity contribution in [2.45, 2.75) is 0 Å². The molecule has 0 aliphatic rings. The molecule has 0 aromatic heterocycles. The van der Waals surface area contributed by atoms with Gasteiger partial charge in [-0.15, -0.1) is 5.56 Å². The van der Waals surface area contributed by atoms with E-state index in [0.717, 1.165) is 11.1 Å². The van der Waals surface area contributed by atoms with Crippen LogP contribution in [0.25, 0.3) is 16.8 Å². The van der Waals surface area contributed by atoms with Crippen LogP contribution in [-0.2, 0) is 0 Å². The second-order valence-corrected chi connectivity index (χ2v) is 3.49. The molecule has 0 amide bonds. The van der Waals surface area contributed by atoms with Crippen LogP contribution in [0, 0.1) is 6.07 Å². The van der Waals surface area contributed by atoms with Crippen molar-refractivity contribution in [2.75, 3.05) is 0 Å². The summed E-state index contributed by atoms with van der Waals surface area (Å²) in [5, 5.41) is 0. The second kappa shape index (κ2) is 6.99. The van der Waals surface area contributed by atoms with Crippen LogP contribution in [0.5, 0.6) is 0 Å². The molecule has 0 bridgehead atoms. The summed E-state index contributed by atoms with van der Waals surface area (Å²) in [7, 11) is 0. The maximum atomic E-state index is 5.71. The van der Waals surface area contributed by atoms with Gasteiger partial charge in [0.1, 0.15) is 0 Å². The molecule has 80 valence electrons. The summed E-state index contributed by atoms with van der Waals surface area (Å²) >= 11 is 0. The van der Waals surface area contributed by atoms with E-state index in [1.807, 2.05) is 48.5 Å². The zero-order valence-corrected chi connectivity index (χ0v) is 13.0. The third-order valence-electron chi connectivity index (χ3n) is 2.45. The standard InChI is InChI=1S/C14H13N2.K/c15-10-14(16)13-8-6-12(7-9-13)11-4-2-1-3-5-11;/h2-10H,15-16H2;/q-1;+1/b14-10-;. The smallest absolute Gasteiger partial charge is 0.403 e. The molecular weight excluding hydrogens is 235 g/mol. The number of benzene rings is 2. The zero-order chi connectivity index (χ0) is 11.4. The monoisotopic (exact) mass is 248 g/mol. The molecule has 4 N–H and O–H groups in total. The van der Waals surface area contributed by atoms with E-state index >= 15 is 0 Å². The van der Waals surface area contributed by atoms with Crippen molar-refractivity contribution in [2.24, 2.45) is 11.5 Å². The van der Waals surface area contributed by atoms with Gasteiger partial charge >= 0.3 is 51.4 Å². The van der Waals surface area contributed by atoms with E-state index in [1.54, 1.807) is 0 Å². The van der Waals surface area contributed by atoms with Gasteiger partial charge in [0.2, 0.25) is 0 Å². The fourth-order valence-electron chi connectivity index (χ4n) is 1.53. The fourth-order valence-corrected chi connectivity index (χ4v) is 1.53. The third kappa shape index (κ3) is 3.69. The zero-order valence-electron chi connectivity index (χ0n) is 9.85. The van der Waals surface area contributed by atoms with Gasteiger partial charge in [-0.3, -0.25) is 0 Å². The number of nitrogens with two attached hydrogens (primary N) is 2. The van der Waals surface area contributed by atoms with Crippen molar-refractivity contribution in [3.63, 3.8) is 0 Å². The molecule has 0 aliphatic carbocycles. The molecular formula is C14H13KN2. The van der Waals surface area contributed by atoms with Crippen molar-refractivity contribution in [3.05, 3.63) is 66.4 Å². The Labute approximate surface area is 144 Å². The van der Waals surface area contributed by atoms with E-state index in [1.165, 1.54) is 11.8 Å². The third-order valence-corrected chi connectivity index (χ3v) is 2.45. The summed E-state index contributed by atoms with van der Waals surface area (Å²) < 4.78 is 0. The molecule has 3 heteroatoms. The van der Waals surface area contributed by atoms with Crippen LogP contribution in [0.15, 0.2) is 54.7 Å². The first kappa shape index (κ1) is 14.5. The van der Waals surface area contributed by atoms with Crippen LogP contribution in [0.4, 0.5) is 0 Å². The quantitative estimate of drug-likeness (QED) is 0.549. The number of hydrogen-bond donors (Lipinski definition) is 2. The van der Waals surface area contributed by atoms with Crippen molar-refractivity contribution in [3.8, 4) is 11.1 Å². The van der Waals surface area contributed by atoms with Crippen LogP contribution in [0.2, 0.25) is 0 Å². The van der Waals surface area contributed by atoms with Gasteiger partial charge in [0.25, 0.3) is 0 Å². The summed E-state index contributed by atoms with van der Waals surface area (Å²) in [6.07, 6.45) is 1.41. The van der Waals surface area contributed by atoms with Crippen LogP contribution < -0.4 is 62.9 Å². The SMILES string of the molecule is N/C=C(\N)c1ccc(-c2cc[c-]cc2)cc1.[K+]. The predicted molar refractivity (Wildman–Crippen MR) is 67.1 cm³/mol. The van der Waals surface area contributed by atoms with E-state index in [0.29, 0.717) is 5.70 Å². The van der Waals surface area contributed by atoms with Crippen molar-refractivity contribution in [1.29, 1.82) is 0 Å². The van der Waals surface area contributed by atoms with Gasteiger partial charge < -0.3 is 11.5 Å². The number of rotatable bonds is 2. The van der Waals surface area contributed by atoms with E-state index in [9.17, 15) is 0 Å². The molecule has 2 aromatic carbocycles. The minimum absolute atomic E-state index is 0. The molecule has 2 aromatic rings. The van der Waals surface area contributed by atoms with Crippen LogP contribution >= 0.6 is 0 Å². The van der Waals surface area contributed by atoms with Gasteiger partial charge in [0, 0.05) is 6.20 Å². The normalized spacial score (nSPS) is 10.7. The van der Waals surface area contributed by atoms with Gasteiger partial charge in [-0.1, -0.05) is 24.3 Å². The summed E-state index contributed by atoms with van der Waals surface area (Å²) in [4.78, 5) is 0. The van der Waals surface area contributed by atoms with E-state index < -0.39 is 0 Å². The Morgan fingerprint density at radius 3 is 2.00 bits per heavy atom. The van der Waals surface area contributed by atoms with Gasteiger partial charge in [0.05, 0.1) is 5.70 Å². The molecule has 0 atom stereocenters. The minimum atomic E-state index is 0. The molecule has 17 heavy (non-hydrogen) atoms. The Morgan fingerprint density at radius 2 is 1.47 bits per heavy atom. The Bertz CT molecular complexity index is 489. The van der Waals surface area contributed by atoms with Crippen molar-refractivity contribution < 1.29 is 51.4 Å². The summed E-state index contributed by atoms with van der Waals surface area (Å²) in [5.74, 6) is 0. The summed E-state index contributed by atoms with van der Waals surface area (Å²) in [6, 6.07) is 18.8. The molecule has 0 radical (unpaired) electrons. The first-order valence-corrected chi connectivity index (χ1v) is 5.05.